The van der Waals surface area contributed by atoms with Crippen molar-refractivity contribution in [3.63, 3.8) is 0 Å². The van der Waals surface area contributed by atoms with Crippen LogP contribution in [0.25, 0.3) is 0 Å². The molecule has 10 nitrogen and oxygen atoms in total. The van der Waals surface area contributed by atoms with E-state index >= 15 is 0 Å². The first-order valence-electron chi connectivity index (χ1n) is 10.4. The third-order valence-corrected chi connectivity index (χ3v) is 5.55. The summed E-state index contributed by atoms with van der Waals surface area (Å²) in [6.45, 7) is 3.58. The highest BCUT2D eigenvalue weighted by molar-refractivity contribution is 5.87. The number of nitrogens with zero attached hydrogens (tertiary/aromatic N) is 5. The van der Waals surface area contributed by atoms with Gasteiger partial charge in [-0.05, 0) is 25.8 Å². The van der Waals surface area contributed by atoms with Crippen LogP contribution in [0, 0.1) is 5.82 Å². The molecule has 0 radical (unpaired) electrons. The SMILES string of the molecule is CC(CCNC(=O)O)Oc1ncc(F)cc1[C@H]1CCCN1C1=Nc2c(N)cnn2CC1. The van der Waals surface area contributed by atoms with Crippen LogP contribution >= 0.6 is 0 Å². The molecule has 0 aliphatic carbocycles. The molecule has 2 atom stereocenters. The Balaban J connectivity index is 1.55. The molecule has 0 bridgehead atoms. The highest BCUT2D eigenvalue weighted by Crippen LogP contribution is 2.39. The fourth-order valence-corrected chi connectivity index (χ4v) is 4.08. The van der Waals surface area contributed by atoms with Crippen LogP contribution in [0.5, 0.6) is 5.88 Å². The number of carbonyl (C=O) groups is 1. The maximum atomic E-state index is 14.1. The Hall–Kier alpha value is -3.37. The minimum absolute atomic E-state index is 0.114. The number of nitrogens with two attached hydrogens (primary N) is 1. The summed E-state index contributed by atoms with van der Waals surface area (Å²) in [7, 11) is 0. The molecule has 11 heteroatoms. The third-order valence-electron chi connectivity index (χ3n) is 5.55. The zero-order valence-corrected chi connectivity index (χ0v) is 17.3. The summed E-state index contributed by atoms with van der Waals surface area (Å²) >= 11 is 0. The minimum atomic E-state index is -1.08. The number of nitrogen functional groups attached to an aromatic ring is 1. The predicted molar refractivity (Wildman–Crippen MR) is 112 cm³/mol. The van der Waals surface area contributed by atoms with Gasteiger partial charge in [0.1, 0.15) is 11.7 Å². The molecule has 1 amide bonds. The topological polar surface area (TPSA) is 131 Å². The van der Waals surface area contributed by atoms with Gasteiger partial charge in [0.25, 0.3) is 0 Å². The number of aliphatic imine (C=N–C) groups is 1. The highest BCUT2D eigenvalue weighted by Gasteiger charge is 2.33. The number of ether oxygens (including phenoxy) is 1. The minimum Gasteiger partial charge on any atom is -0.474 e. The molecule has 1 unspecified atom stereocenters. The molecule has 4 heterocycles. The Morgan fingerprint density at radius 3 is 3.10 bits per heavy atom. The van der Waals surface area contributed by atoms with Gasteiger partial charge >= 0.3 is 6.09 Å². The summed E-state index contributed by atoms with van der Waals surface area (Å²) < 4.78 is 21.9. The van der Waals surface area contributed by atoms with Crippen LogP contribution in [0.3, 0.4) is 0 Å². The Labute approximate surface area is 178 Å². The molecule has 31 heavy (non-hydrogen) atoms. The lowest BCUT2D eigenvalue weighted by Crippen LogP contribution is -2.33. The van der Waals surface area contributed by atoms with Crippen LogP contribution in [0.1, 0.15) is 44.2 Å². The maximum Gasteiger partial charge on any atom is 0.404 e. The second kappa shape index (κ2) is 8.78. The fourth-order valence-electron chi connectivity index (χ4n) is 4.08. The molecule has 4 rings (SSSR count). The van der Waals surface area contributed by atoms with E-state index in [1.165, 1.54) is 6.07 Å². The zero-order chi connectivity index (χ0) is 22.0. The van der Waals surface area contributed by atoms with Gasteiger partial charge in [0, 0.05) is 31.5 Å². The largest absolute Gasteiger partial charge is 0.474 e. The number of pyridine rings is 1. The van der Waals surface area contributed by atoms with E-state index in [1.54, 1.807) is 10.9 Å². The third kappa shape index (κ3) is 4.54. The van der Waals surface area contributed by atoms with Crippen molar-refractivity contribution in [2.24, 2.45) is 4.99 Å². The molecule has 2 aliphatic heterocycles. The lowest BCUT2D eigenvalue weighted by atomic mass is 10.1. The first kappa shape index (κ1) is 20.9. The van der Waals surface area contributed by atoms with Crippen molar-refractivity contribution in [3.05, 3.63) is 29.8 Å². The van der Waals surface area contributed by atoms with Crippen molar-refractivity contribution in [3.8, 4) is 5.88 Å². The number of amides is 1. The van der Waals surface area contributed by atoms with Crippen LogP contribution in [-0.4, -0.2) is 55.9 Å². The fraction of sp³-hybridized carbons (Fsp3) is 0.500. The average Bonchev–Trinajstić information content (AvgIpc) is 3.36. The van der Waals surface area contributed by atoms with Crippen molar-refractivity contribution in [1.29, 1.82) is 0 Å². The van der Waals surface area contributed by atoms with E-state index < -0.39 is 11.9 Å². The van der Waals surface area contributed by atoms with Crippen LogP contribution < -0.4 is 15.8 Å². The van der Waals surface area contributed by atoms with Gasteiger partial charge in [-0.1, -0.05) is 0 Å². The number of halogens is 1. The number of aromatic nitrogens is 3. The molecule has 0 aromatic carbocycles. The molecule has 0 saturated carbocycles. The van der Waals surface area contributed by atoms with Crippen LogP contribution in [0.4, 0.5) is 20.7 Å². The Bertz CT molecular complexity index is 993. The highest BCUT2D eigenvalue weighted by atomic mass is 19.1. The quantitative estimate of drug-likeness (QED) is 0.641. The van der Waals surface area contributed by atoms with Crippen LogP contribution in [-0.2, 0) is 6.54 Å². The van der Waals surface area contributed by atoms with Gasteiger partial charge in [-0.25, -0.2) is 23.8 Å². The summed E-state index contributed by atoms with van der Waals surface area (Å²) in [4.78, 5) is 21.7. The number of nitrogens with one attached hydrogen (secondary N) is 1. The smallest absolute Gasteiger partial charge is 0.404 e. The normalized spacial score (nSPS) is 19.0. The van der Waals surface area contributed by atoms with E-state index in [0.717, 1.165) is 31.4 Å². The number of hydrogen-bond donors (Lipinski definition) is 3. The summed E-state index contributed by atoms with van der Waals surface area (Å²) in [6.07, 6.45) is 4.31. The van der Waals surface area contributed by atoms with Gasteiger partial charge in [0.15, 0.2) is 5.82 Å². The first-order chi connectivity index (χ1) is 14.9. The molecule has 1 saturated heterocycles. The Morgan fingerprint density at radius 1 is 1.45 bits per heavy atom. The van der Waals surface area contributed by atoms with Gasteiger partial charge in [-0.2, -0.15) is 5.10 Å². The number of rotatable bonds is 6. The van der Waals surface area contributed by atoms with E-state index in [0.29, 0.717) is 42.3 Å². The number of amidine groups is 1. The molecule has 166 valence electrons. The summed E-state index contributed by atoms with van der Waals surface area (Å²) in [5.74, 6) is 1.49. The summed E-state index contributed by atoms with van der Waals surface area (Å²) in [5, 5.41) is 15.3. The molecule has 2 aliphatic rings. The van der Waals surface area contributed by atoms with Crippen molar-refractivity contribution in [2.75, 3.05) is 18.8 Å². The Morgan fingerprint density at radius 2 is 2.29 bits per heavy atom. The maximum absolute atomic E-state index is 14.1. The average molecular weight is 431 g/mol. The predicted octanol–water partition coefficient (Wildman–Crippen LogP) is 2.70. The standard InChI is InChI=1S/C20H26FN7O3/c1-12(4-6-23-20(29)30)31-19-14(9-13(21)10-24-19)16-3-2-7-27(16)17-5-8-28-18(26-17)15(22)11-25-28/h9-12,16,23H,2-8,22H2,1H3,(H,29,30)/t12?,16-/m1/s1. The van der Waals surface area contributed by atoms with Gasteiger partial charge in [-0.3, -0.25) is 0 Å². The summed E-state index contributed by atoms with van der Waals surface area (Å²) in [6, 6.07) is 1.35. The van der Waals surface area contributed by atoms with E-state index in [4.69, 9.17) is 20.6 Å². The van der Waals surface area contributed by atoms with Crippen molar-refractivity contribution in [1.82, 2.24) is 25.0 Å². The number of likely N-dealkylation sites (tertiary alicyclic amines) is 1. The number of aryl methyl sites for hydroxylation is 1. The summed E-state index contributed by atoms with van der Waals surface area (Å²) in [5.41, 5.74) is 7.20. The van der Waals surface area contributed by atoms with E-state index in [9.17, 15) is 9.18 Å². The Kier molecular flexibility index (Phi) is 5.92. The van der Waals surface area contributed by atoms with Crippen LogP contribution in [0.15, 0.2) is 23.5 Å². The van der Waals surface area contributed by atoms with Crippen molar-refractivity contribution in [2.45, 2.75) is 51.3 Å². The van der Waals surface area contributed by atoms with E-state index in [2.05, 4.69) is 20.3 Å². The molecule has 0 spiro atoms. The zero-order valence-electron chi connectivity index (χ0n) is 17.3. The van der Waals surface area contributed by atoms with Crippen LogP contribution in [0.2, 0.25) is 0 Å². The van der Waals surface area contributed by atoms with Gasteiger partial charge in [-0.15, -0.1) is 0 Å². The molecular weight excluding hydrogens is 405 g/mol. The second-order valence-corrected chi connectivity index (χ2v) is 7.77. The lowest BCUT2D eigenvalue weighted by Gasteiger charge is -2.31. The molecule has 4 N–H and O–H groups in total. The number of anilines is 1. The molecular formula is C20H26FN7O3. The second-order valence-electron chi connectivity index (χ2n) is 7.77. The van der Waals surface area contributed by atoms with Gasteiger partial charge in [0.2, 0.25) is 5.88 Å². The number of hydrogen-bond acceptors (Lipinski definition) is 7. The van der Waals surface area contributed by atoms with E-state index in [-0.39, 0.29) is 18.7 Å². The van der Waals surface area contributed by atoms with Crippen molar-refractivity contribution < 1.29 is 19.0 Å². The van der Waals surface area contributed by atoms with Gasteiger partial charge in [0.05, 0.1) is 36.8 Å². The van der Waals surface area contributed by atoms with Crippen molar-refractivity contribution >= 4 is 23.4 Å². The van der Waals surface area contributed by atoms with Gasteiger partial charge < -0.3 is 25.8 Å². The molecule has 2 aromatic heterocycles. The lowest BCUT2D eigenvalue weighted by molar-refractivity contribution is 0.181. The monoisotopic (exact) mass is 431 g/mol. The number of carboxylic acid groups (broad SMARTS) is 1. The number of fused-ring (bicyclic) bond motifs is 1. The molecule has 1 fully saturated rings. The first-order valence-corrected chi connectivity index (χ1v) is 10.4. The van der Waals surface area contributed by atoms with E-state index in [1.807, 2.05) is 6.92 Å². The molecule has 2 aromatic rings.